The molecule has 0 aliphatic heterocycles. The normalized spacial score (nSPS) is 10.7. The summed E-state index contributed by atoms with van der Waals surface area (Å²) >= 11 is 2.99. The van der Waals surface area contributed by atoms with Crippen molar-refractivity contribution in [3.8, 4) is 0 Å². The summed E-state index contributed by atoms with van der Waals surface area (Å²) in [4.78, 5) is 45.0. The number of ether oxygens (including phenoxy) is 1. The molecule has 0 heterocycles. The van der Waals surface area contributed by atoms with E-state index in [0.717, 1.165) is 6.07 Å². The molecule has 24 heavy (non-hydrogen) atoms. The standard InChI is InChI=1S/C14H16BrN3O6/c1-14(2,3)17-13(21)16-11(19)7-24-12(20)8-4-5-9(15)10(6-8)18(22)23/h4-6H,7H2,1-3H3,(H2,16,17,19,21). The van der Waals surface area contributed by atoms with Gasteiger partial charge in [-0.3, -0.25) is 20.2 Å². The van der Waals surface area contributed by atoms with Crippen molar-refractivity contribution in [3.63, 3.8) is 0 Å². The number of imide groups is 1. The Bertz CT molecular complexity index is 684. The molecule has 2 N–H and O–H groups in total. The Morgan fingerprint density at radius 3 is 2.46 bits per heavy atom. The van der Waals surface area contributed by atoms with E-state index in [1.165, 1.54) is 12.1 Å². The SMILES string of the molecule is CC(C)(C)NC(=O)NC(=O)COC(=O)c1ccc(Br)c([N+](=O)[O-])c1. The van der Waals surface area contributed by atoms with Gasteiger partial charge in [-0.05, 0) is 48.8 Å². The molecule has 0 aliphatic carbocycles. The number of hydrogen-bond acceptors (Lipinski definition) is 6. The first-order valence-corrected chi connectivity index (χ1v) is 7.52. The molecule has 0 saturated heterocycles. The van der Waals surface area contributed by atoms with Crippen molar-refractivity contribution in [3.05, 3.63) is 38.3 Å². The minimum absolute atomic E-state index is 0.0863. The van der Waals surface area contributed by atoms with E-state index in [1.807, 2.05) is 5.32 Å². The van der Waals surface area contributed by atoms with Crippen molar-refractivity contribution in [2.45, 2.75) is 26.3 Å². The Morgan fingerprint density at radius 2 is 1.92 bits per heavy atom. The molecule has 0 radical (unpaired) electrons. The van der Waals surface area contributed by atoms with Crippen LogP contribution in [-0.4, -0.2) is 35.0 Å². The van der Waals surface area contributed by atoms with Crippen LogP contribution in [0.15, 0.2) is 22.7 Å². The number of nitrogens with zero attached hydrogens (tertiary/aromatic N) is 1. The lowest BCUT2D eigenvalue weighted by molar-refractivity contribution is -0.385. The third-order valence-electron chi connectivity index (χ3n) is 2.45. The summed E-state index contributed by atoms with van der Waals surface area (Å²) in [5, 5.41) is 15.3. The number of hydrogen-bond donors (Lipinski definition) is 2. The highest BCUT2D eigenvalue weighted by Gasteiger charge is 2.19. The number of nitrogens with one attached hydrogen (secondary N) is 2. The highest BCUT2D eigenvalue weighted by molar-refractivity contribution is 9.10. The highest BCUT2D eigenvalue weighted by atomic mass is 79.9. The lowest BCUT2D eigenvalue weighted by Crippen LogP contribution is -2.49. The minimum Gasteiger partial charge on any atom is -0.452 e. The Hall–Kier alpha value is -2.49. The van der Waals surface area contributed by atoms with Crippen LogP contribution < -0.4 is 10.6 Å². The highest BCUT2D eigenvalue weighted by Crippen LogP contribution is 2.25. The van der Waals surface area contributed by atoms with Crippen molar-refractivity contribution in [2.24, 2.45) is 0 Å². The Kier molecular flexibility index (Phi) is 6.41. The van der Waals surface area contributed by atoms with Crippen molar-refractivity contribution < 1.29 is 24.0 Å². The van der Waals surface area contributed by atoms with Gasteiger partial charge in [0.05, 0.1) is 15.0 Å². The fourth-order valence-electron chi connectivity index (χ4n) is 1.53. The van der Waals surface area contributed by atoms with Crippen molar-refractivity contribution >= 4 is 39.5 Å². The maximum atomic E-state index is 11.8. The van der Waals surface area contributed by atoms with E-state index in [2.05, 4.69) is 21.2 Å². The fraction of sp³-hybridized carbons (Fsp3) is 0.357. The first-order chi connectivity index (χ1) is 11.0. The zero-order valence-electron chi connectivity index (χ0n) is 13.2. The number of urea groups is 1. The van der Waals surface area contributed by atoms with Gasteiger partial charge in [0.1, 0.15) is 0 Å². The molecule has 0 aromatic heterocycles. The van der Waals surface area contributed by atoms with Gasteiger partial charge in [-0.2, -0.15) is 0 Å². The average Bonchev–Trinajstić information content (AvgIpc) is 2.42. The van der Waals surface area contributed by atoms with Crippen LogP contribution in [0.1, 0.15) is 31.1 Å². The Labute approximate surface area is 146 Å². The second-order valence-electron chi connectivity index (χ2n) is 5.75. The van der Waals surface area contributed by atoms with Crippen LogP contribution >= 0.6 is 15.9 Å². The smallest absolute Gasteiger partial charge is 0.338 e. The summed E-state index contributed by atoms with van der Waals surface area (Å²) in [7, 11) is 0. The van der Waals surface area contributed by atoms with Gasteiger partial charge in [0.25, 0.3) is 11.6 Å². The van der Waals surface area contributed by atoms with E-state index < -0.39 is 35.0 Å². The summed E-state index contributed by atoms with van der Waals surface area (Å²) in [6.07, 6.45) is 0. The number of halogens is 1. The third kappa shape index (κ3) is 6.32. The van der Waals surface area contributed by atoms with Gasteiger partial charge in [0.15, 0.2) is 6.61 Å². The molecule has 3 amide bonds. The Balaban J connectivity index is 2.60. The third-order valence-corrected chi connectivity index (χ3v) is 3.12. The van der Waals surface area contributed by atoms with Gasteiger partial charge in [-0.1, -0.05) is 0 Å². The second-order valence-corrected chi connectivity index (χ2v) is 6.61. The van der Waals surface area contributed by atoms with E-state index in [9.17, 15) is 24.5 Å². The minimum atomic E-state index is -0.919. The predicted octanol–water partition coefficient (Wildman–Crippen LogP) is 2.14. The van der Waals surface area contributed by atoms with Gasteiger partial charge >= 0.3 is 12.0 Å². The second kappa shape index (κ2) is 7.86. The molecule has 0 fully saturated rings. The molecular formula is C14H16BrN3O6. The van der Waals surface area contributed by atoms with E-state index in [-0.39, 0.29) is 15.7 Å². The summed E-state index contributed by atoms with van der Waals surface area (Å²) in [5.74, 6) is -1.74. The van der Waals surface area contributed by atoms with E-state index in [1.54, 1.807) is 20.8 Å². The topological polar surface area (TPSA) is 128 Å². The summed E-state index contributed by atoms with van der Waals surface area (Å²) in [5.41, 5.74) is -0.924. The maximum absolute atomic E-state index is 11.8. The molecule has 1 rings (SSSR count). The van der Waals surface area contributed by atoms with Gasteiger partial charge in [0.2, 0.25) is 0 Å². The number of nitro groups is 1. The van der Waals surface area contributed by atoms with Crippen LogP contribution in [0.25, 0.3) is 0 Å². The summed E-state index contributed by atoms with van der Waals surface area (Å²) in [6, 6.07) is 2.94. The number of rotatable bonds is 4. The number of amides is 3. The molecular weight excluding hydrogens is 386 g/mol. The molecule has 1 aromatic rings. The average molecular weight is 402 g/mol. The number of carbonyl (C=O) groups excluding carboxylic acids is 3. The quantitative estimate of drug-likeness (QED) is 0.451. The van der Waals surface area contributed by atoms with Gasteiger partial charge in [-0.25, -0.2) is 9.59 Å². The van der Waals surface area contributed by atoms with Crippen LogP contribution in [0.3, 0.4) is 0 Å². The van der Waals surface area contributed by atoms with Crippen molar-refractivity contribution in [1.82, 2.24) is 10.6 Å². The summed E-state index contributed by atoms with van der Waals surface area (Å²) in [6.45, 7) is 4.51. The van der Waals surface area contributed by atoms with Crippen molar-refractivity contribution in [2.75, 3.05) is 6.61 Å². The van der Waals surface area contributed by atoms with E-state index in [0.29, 0.717) is 0 Å². The molecule has 0 atom stereocenters. The van der Waals surface area contributed by atoms with Gasteiger partial charge in [0, 0.05) is 11.6 Å². The number of esters is 1. The number of benzene rings is 1. The summed E-state index contributed by atoms with van der Waals surface area (Å²) < 4.78 is 4.94. The molecule has 130 valence electrons. The van der Waals surface area contributed by atoms with Crippen LogP contribution in [0.4, 0.5) is 10.5 Å². The zero-order valence-corrected chi connectivity index (χ0v) is 14.8. The largest absolute Gasteiger partial charge is 0.452 e. The molecule has 0 bridgehead atoms. The molecule has 1 aromatic carbocycles. The molecule has 0 aliphatic rings. The maximum Gasteiger partial charge on any atom is 0.338 e. The van der Waals surface area contributed by atoms with E-state index in [4.69, 9.17) is 4.74 Å². The first kappa shape index (κ1) is 19.6. The number of carbonyl (C=O) groups is 3. The molecule has 0 unspecified atom stereocenters. The lowest BCUT2D eigenvalue weighted by atomic mass is 10.1. The monoisotopic (exact) mass is 401 g/mol. The van der Waals surface area contributed by atoms with Gasteiger partial charge in [-0.15, -0.1) is 0 Å². The van der Waals surface area contributed by atoms with E-state index >= 15 is 0 Å². The predicted molar refractivity (Wildman–Crippen MR) is 87.5 cm³/mol. The molecule has 9 nitrogen and oxygen atoms in total. The molecule has 0 spiro atoms. The lowest BCUT2D eigenvalue weighted by Gasteiger charge is -2.20. The number of nitro benzene ring substituents is 1. The van der Waals surface area contributed by atoms with Crippen LogP contribution in [0.2, 0.25) is 0 Å². The van der Waals surface area contributed by atoms with Crippen LogP contribution in [-0.2, 0) is 9.53 Å². The Morgan fingerprint density at radius 1 is 1.29 bits per heavy atom. The first-order valence-electron chi connectivity index (χ1n) is 6.72. The zero-order chi connectivity index (χ0) is 18.5. The molecule has 0 saturated carbocycles. The molecule has 10 heteroatoms. The fourth-order valence-corrected chi connectivity index (χ4v) is 1.92. The van der Waals surface area contributed by atoms with Gasteiger partial charge < -0.3 is 10.1 Å². The van der Waals surface area contributed by atoms with Crippen LogP contribution in [0.5, 0.6) is 0 Å². The van der Waals surface area contributed by atoms with Crippen molar-refractivity contribution in [1.29, 1.82) is 0 Å². The van der Waals surface area contributed by atoms with Crippen LogP contribution in [0, 0.1) is 10.1 Å².